The molecule has 1 aromatic carbocycles. The summed E-state index contributed by atoms with van der Waals surface area (Å²) in [5.74, 6) is 0.0596. The first kappa shape index (κ1) is 29.6. The van der Waals surface area contributed by atoms with Crippen LogP contribution in [-0.2, 0) is 18.0 Å². The third-order valence-corrected chi connectivity index (χ3v) is 9.74. The fourth-order valence-corrected chi connectivity index (χ4v) is 6.10. The number of Topliss-reactive ketones (excluding diaryl/α,β-unsaturated/α-hetero) is 1. The fraction of sp³-hybridized carbons (Fsp3) is 0.531. The van der Waals surface area contributed by atoms with Crippen LogP contribution in [0.15, 0.2) is 42.9 Å². The van der Waals surface area contributed by atoms with E-state index in [0.717, 1.165) is 62.0 Å². The molecule has 0 N–H and O–H groups in total. The molecule has 0 unspecified atom stereocenters. The number of carbonyl (C=O) groups excluding carboxylic acids is 1. The van der Waals surface area contributed by atoms with Gasteiger partial charge in [0.25, 0.3) is 0 Å². The van der Waals surface area contributed by atoms with Crippen molar-refractivity contribution in [3.63, 3.8) is 0 Å². The van der Waals surface area contributed by atoms with Gasteiger partial charge in [0.1, 0.15) is 12.2 Å². The number of carbonyl (C=O) groups is 1. The summed E-state index contributed by atoms with van der Waals surface area (Å²) in [4.78, 5) is 28.5. The van der Waals surface area contributed by atoms with Crippen molar-refractivity contribution in [3.05, 3.63) is 48.4 Å². The van der Waals surface area contributed by atoms with E-state index in [2.05, 4.69) is 71.5 Å². The highest BCUT2D eigenvalue weighted by Gasteiger charge is 2.28. The van der Waals surface area contributed by atoms with Gasteiger partial charge in [-0.15, -0.1) is 0 Å². The van der Waals surface area contributed by atoms with Crippen molar-refractivity contribution in [2.45, 2.75) is 59.7 Å². The van der Waals surface area contributed by atoms with Crippen molar-refractivity contribution in [2.75, 3.05) is 46.4 Å². The van der Waals surface area contributed by atoms with Gasteiger partial charge in [-0.1, -0.05) is 58.6 Å². The van der Waals surface area contributed by atoms with E-state index < -0.39 is 13.5 Å². The van der Waals surface area contributed by atoms with Gasteiger partial charge >= 0.3 is 0 Å². The van der Waals surface area contributed by atoms with Crippen LogP contribution in [0.25, 0.3) is 33.3 Å². The molecule has 220 valence electrons. The summed E-state index contributed by atoms with van der Waals surface area (Å²) >= 11 is 0. The number of nitrogens with zero attached hydrogens (tertiary/aromatic N) is 6. The molecule has 0 amide bonds. The maximum Gasteiger partial charge on any atom is 0.171 e. The van der Waals surface area contributed by atoms with E-state index in [1.807, 2.05) is 37.7 Å². The third kappa shape index (κ3) is 6.80. The number of likely N-dealkylation sites (N-methyl/N-ethyl adjacent to an activating group) is 1. The first-order chi connectivity index (χ1) is 19.4. The van der Waals surface area contributed by atoms with Gasteiger partial charge in [0.15, 0.2) is 11.4 Å². The van der Waals surface area contributed by atoms with Crippen LogP contribution in [0.2, 0.25) is 25.7 Å². The molecule has 1 fully saturated rings. The lowest BCUT2D eigenvalue weighted by molar-refractivity contribution is 0.0849. The standard InChI is InChI=1S/C32H46N6O2Si/c1-32(2,3)30(39)26-22-38(23-40-18-19-41(5,6)7)31-29(26)34-27(20-33-31)25-21-37(28-11-9-8-10-24(25)28)17-16-36-14-12-35(4)13-15-36/h8-11,20-22H,12-19,23H2,1-7H3. The summed E-state index contributed by atoms with van der Waals surface area (Å²) in [6, 6.07) is 9.59. The molecule has 1 aliphatic heterocycles. The average Bonchev–Trinajstić information content (AvgIpc) is 3.47. The number of ketones is 1. The molecule has 0 spiro atoms. The maximum atomic E-state index is 13.5. The SMILES string of the molecule is CN1CCN(CCn2cc(-c3cnc4c(n3)c(C(=O)C(C)(C)C)cn4COCC[Si](C)(C)C)c3ccccc32)CC1. The quantitative estimate of drug-likeness (QED) is 0.135. The number of rotatable bonds is 10. The molecule has 3 aromatic heterocycles. The lowest BCUT2D eigenvalue weighted by Gasteiger charge is -2.32. The van der Waals surface area contributed by atoms with Crippen molar-refractivity contribution in [2.24, 2.45) is 5.41 Å². The molecular formula is C32H46N6O2Si. The summed E-state index contributed by atoms with van der Waals surface area (Å²) in [5, 5.41) is 1.15. The predicted molar refractivity (Wildman–Crippen MR) is 170 cm³/mol. The number of hydrogen-bond donors (Lipinski definition) is 0. The van der Waals surface area contributed by atoms with Gasteiger partial charge in [0.05, 0.1) is 17.5 Å². The molecule has 1 aliphatic rings. The molecule has 9 heteroatoms. The zero-order valence-corrected chi connectivity index (χ0v) is 26.9. The zero-order valence-electron chi connectivity index (χ0n) is 25.9. The Hall–Kier alpha value is -2.85. The molecule has 8 nitrogen and oxygen atoms in total. The minimum absolute atomic E-state index is 0.0596. The van der Waals surface area contributed by atoms with E-state index in [0.29, 0.717) is 30.1 Å². The largest absolute Gasteiger partial charge is 0.361 e. The Kier molecular flexibility index (Phi) is 8.53. The summed E-state index contributed by atoms with van der Waals surface area (Å²) < 4.78 is 10.3. The molecule has 0 radical (unpaired) electrons. The molecule has 41 heavy (non-hydrogen) atoms. The van der Waals surface area contributed by atoms with E-state index in [4.69, 9.17) is 14.7 Å². The van der Waals surface area contributed by atoms with Crippen LogP contribution in [-0.4, -0.2) is 89.1 Å². The molecule has 0 atom stereocenters. The van der Waals surface area contributed by atoms with Gasteiger partial charge in [-0.3, -0.25) is 9.69 Å². The second-order valence-corrected chi connectivity index (χ2v) is 19.4. The van der Waals surface area contributed by atoms with E-state index in [9.17, 15) is 4.79 Å². The lowest BCUT2D eigenvalue weighted by Crippen LogP contribution is -2.45. The third-order valence-electron chi connectivity index (χ3n) is 8.04. The van der Waals surface area contributed by atoms with Crippen LogP contribution in [0.1, 0.15) is 31.1 Å². The van der Waals surface area contributed by atoms with Crippen LogP contribution in [0.4, 0.5) is 0 Å². The number of hydrogen-bond acceptors (Lipinski definition) is 6. The summed E-state index contributed by atoms with van der Waals surface area (Å²) in [7, 11) is 0.998. The Labute approximate surface area is 245 Å². The molecular weight excluding hydrogens is 528 g/mol. The lowest BCUT2D eigenvalue weighted by atomic mass is 9.87. The van der Waals surface area contributed by atoms with Gasteiger partial charge in [0, 0.05) is 88.2 Å². The number of benzene rings is 1. The van der Waals surface area contributed by atoms with Gasteiger partial charge in [-0.25, -0.2) is 9.97 Å². The Bertz CT molecular complexity index is 1520. The van der Waals surface area contributed by atoms with Crippen LogP contribution in [0.3, 0.4) is 0 Å². The molecule has 1 saturated heterocycles. The fourth-order valence-electron chi connectivity index (χ4n) is 5.35. The Morgan fingerprint density at radius 1 is 1.00 bits per heavy atom. The van der Waals surface area contributed by atoms with Crippen molar-refractivity contribution in [1.82, 2.24) is 28.9 Å². The van der Waals surface area contributed by atoms with Crippen molar-refractivity contribution in [3.8, 4) is 11.3 Å². The van der Waals surface area contributed by atoms with Gasteiger partial charge < -0.3 is 18.8 Å². The molecule has 5 rings (SSSR count). The molecule has 0 aliphatic carbocycles. The zero-order chi connectivity index (χ0) is 29.4. The molecule has 4 heterocycles. The highest BCUT2D eigenvalue weighted by molar-refractivity contribution is 6.76. The minimum Gasteiger partial charge on any atom is -0.361 e. The van der Waals surface area contributed by atoms with Crippen molar-refractivity contribution >= 4 is 35.9 Å². The van der Waals surface area contributed by atoms with E-state index in [1.165, 1.54) is 5.52 Å². The minimum atomic E-state index is -1.19. The van der Waals surface area contributed by atoms with Crippen molar-refractivity contribution in [1.29, 1.82) is 0 Å². The average molecular weight is 575 g/mol. The number of piperazine rings is 1. The number of fused-ring (bicyclic) bond motifs is 2. The highest BCUT2D eigenvalue weighted by Crippen LogP contribution is 2.32. The summed E-state index contributed by atoms with van der Waals surface area (Å²) in [6.45, 7) is 20.3. The second kappa shape index (κ2) is 11.8. The number of ether oxygens (including phenoxy) is 1. The summed E-state index contributed by atoms with van der Waals surface area (Å²) in [5.41, 5.74) is 4.43. The van der Waals surface area contributed by atoms with Gasteiger partial charge in [-0.2, -0.15) is 0 Å². The maximum absolute atomic E-state index is 13.5. The monoisotopic (exact) mass is 574 g/mol. The molecule has 0 saturated carbocycles. The van der Waals surface area contributed by atoms with E-state index >= 15 is 0 Å². The van der Waals surface area contributed by atoms with Crippen LogP contribution < -0.4 is 0 Å². The van der Waals surface area contributed by atoms with Crippen LogP contribution in [0.5, 0.6) is 0 Å². The topological polar surface area (TPSA) is 68.4 Å². The highest BCUT2D eigenvalue weighted by atomic mass is 28.3. The Balaban J connectivity index is 1.48. The first-order valence-corrected chi connectivity index (χ1v) is 18.6. The summed E-state index contributed by atoms with van der Waals surface area (Å²) in [6.07, 6.45) is 5.94. The van der Waals surface area contributed by atoms with Gasteiger partial charge in [-0.05, 0) is 19.2 Å². The van der Waals surface area contributed by atoms with E-state index in [-0.39, 0.29) is 5.78 Å². The first-order valence-electron chi connectivity index (χ1n) is 14.9. The van der Waals surface area contributed by atoms with E-state index in [1.54, 1.807) is 0 Å². The van der Waals surface area contributed by atoms with Crippen LogP contribution >= 0.6 is 0 Å². The Morgan fingerprint density at radius 3 is 2.44 bits per heavy atom. The Morgan fingerprint density at radius 2 is 1.73 bits per heavy atom. The normalized spacial score (nSPS) is 15.8. The molecule has 0 bridgehead atoms. The smallest absolute Gasteiger partial charge is 0.171 e. The number of aromatic nitrogens is 4. The van der Waals surface area contributed by atoms with Gasteiger partial charge in [0.2, 0.25) is 0 Å². The second-order valence-electron chi connectivity index (χ2n) is 13.8. The number of para-hydroxylation sites is 1. The molecule has 4 aromatic rings. The van der Waals surface area contributed by atoms with Crippen molar-refractivity contribution < 1.29 is 9.53 Å². The van der Waals surface area contributed by atoms with Crippen LogP contribution in [0, 0.1) is 5.41 Å². The predicted octanol–water partition coefficient (Wildman–Crippen LogP) is 5.84.